The van der Waals surface area contributed by atoms with E-state index in [-0.39, 0.29) is 0 Å². The normalized spacial score (nSPS) is 18.0. The SMILES string of the molecule is C[C@H](CCn1ccnc1-c1cc(Cl)ccc1Cl)N1CCN(C)CC1. The lowest BCUT2D eigenvalue weighted by molar-refractivity contribution is 0.112. The molecule has 24 heavy (non-hydrogen) atoms. The quantitative estimate of drug-likeness (QED) is 0.802. The summed E-state index contributed by atoms with van der Waals surface area (Å²) in [6.45, 7) is 7.83. The lowest BCUT2D eigenvalue weighted by Crippen LogP contribution is -2.48. The Kier molecular flexibility index (Phi) is 5.82. The summed E-state index contributed by atoms with van der Waals surface area (Å²) in [6, 6.07) is 6.07. The van der Waals surface area contributed by atoms with E-state index in [4.69, 9.17) is 23.2 Å². The zero-order chi connectivity index (χ0) is 17.1. The van der Waals surface area contributed by atoms with E-state index in [1.807, 2.05) is 24.5 Å². The molecule has 6 heteroatoms. The highest BCUT2D eigenvalue weighted by Crippen LogP contribution is 2.29. The first-order valence-electron chi connectivity index (χ1n) is 8.44. The number of hydrogen-bond acceptors (Lipinski definition) is 3. The Morgan fingerprint density at radius 2 is 1.92 bits per heavy atom. The van der Waals surface area contributed by atoms with Crippen molar-refractivity contribution in [3.05, 3.63) is 40.6 Å². The van der Waals surface area contributed by atoms with Gasteiger partial charge in [-0.25, -0.2) is 4.98 Å². The minimum absolute atomic E-state index is 0.559. The maximum atomic E-state index is 6.33. The van der Waals surface area contributed by atoms with E-state index in [2.05, 4.69) is 33.3 Å². The first-order valence-corrected chi connectivity index (χ1v) is 9.19. The molecule has 1 fully saturated rings. The highest BCUT2D eigenvalue weighted by atomic mass is 35.5. The summed E-state index contributed by atoms with van der Waals surface area (Å²) in [5.74, 6) is 0.882. The highest BCUT2D eigenvalue weighted by Gasteiger charge is 2.19. The zero-order valence-electron chi connectivity index (χ0n) is 14.3. The summed E-state index contributed by atoms with van der Waals surface area (Å²) in [4.78, 5) is 9.45. The fraction of sp³-hybridized carbons (Fsp3) is 0.500. The second-order valence-corrected chi connectivity index (χ2v) is 7.39. The molecule has 1 aromatic heterocycles. The first-order chi connectivity index (χ1) is 11.5. The van der Waals surface area contributed by atoms with Gasteiger partial charge in [0.15, 0.2) is 0 Å². The molecule has 2 aromatic rings. The van der Waals surface area contributed by atoms with Crippen molar-refractivity contribution in [3.8, 4) is 11.4 Å². The molecule has 1 atom stereocenters. The van der Waals surface area contributed by atoms with Crippen LogP contribution in [0.25, 0.3) is 11.4 Å². The van der Waals surface area contributed by atoms with Gasteiger partial charge in [-0.05, 0) is 38.6 Å². The van der Waals surface area contributed by atoms with Crippen LogP contribution in [-0.4, -0.2) is 58.6 Å². The van der Waals surface area contributed by atoms with Gasteiger partial charge in [0.2, 0.25) is 0 Å². The van der Waals surface area contributed by atoms with Crippen LogP contribution in [-0.2, 0) is 6.54 Å². The van der Waals surface area contributed by atoms with Crippen molar-refractivity contribution in [1.29, 1.82) is 0 Å². The van der Waals surface area contributed by atoms with Crippen LogP contribution in [0, 0.1) is 0 Å². The van der Waals surface area contributed by atoms with Gasteiger partial charge in [-0.1, -0.05) is 23.2 Å². The Hall–Kier alpha value is -1.07. The number of halogens is 2. The summed E-state index contributed by atoms with van der Waals surface area (Å²) in [7, 11) is 2.19. The molecule has 3 rings (SSSR count). The summed E-state index contributed by atoms with van der Waals surface area (Å²) >= 11 is 12.5. The summed E-state index contributed by atoms with van der Waals surface area (Å²) in [5, 5.41) is 1.36. The molecule has 0 spiro atoms. The van der Waals surface area contributed by atoms with Crippen LogP contribution in [0.2, 0.25) is 10.0 Å². The smallest absolute Gasteiger partial charge is 0.141 e. The fourth-order valence-corrected chi connectivity index (χ4v) is 3.55. The maximum Gasteiger partial charge on any atom is 0.141 e. The standard InChI is InChI=1S/C18H24Cl2N4/c1-14(23-11-9-22(2)10-12-23)5-7-24-8-6-21-18(24)16-13-15(19)3-4-17(16)20/h3-4,6,8,13-14H,5,7,9-12H2,1-2H3/t14-/m1/s1. The Bertz CT molecular complexity index is 677. The second kappa shape index (κ2) is 7.87. The van der Waals surface area contributed by atoms with E-state index in [0.29, 0.717) is 16.1 Å². The van der Waals surface area contributed by atoms with E-state index < -0.39 is 0 Å². The molecule has 1 aliphatic rings. The number of benzene rings is 1. The second-order valence-electron chi connectivity index (χ2n) is 6.55. The lowest BCUT2D eigenvalue weighted by Gasteiger charge is -2.36. The number of imidazole rings is 1. The average Bonchev–Trinajstić information content (AvgIpc) is 3.04. The van der Waals surface area contributed by atoms with Gasteiger partial charge in [-0.3, -0.25) is 4.90 Å². The molecule has 4 nitrogen and oxygen atoms in total. The highest BCUT2D eigenvalue weighted by molar-refractivity contribution is 6.35. The predicted octanol–water partition coefficient (Wildman–Crippen LogP) is 3.88. The molecule has 0 aliphatic carbocycles. The minimum atomic E-state index is 0.559. The van der Waals surface area contributed by atoms with Crippen LogP contribution in [0.3, 0.4) is 0 Å². The monoisotopic (exact) mass is 366 g/mol. The Morgan fingerprint density at radius 3 is 2.67 bits per heavy atom. The van der Waals surface area contributed by atoms with Crippen molar-refractivity contribution in [2.75, 3.05) is 33.2 Å². The van der Waals surface area contributed by atoms with Crippen LogP contribution < -0.4 is 0 Å². The number of nitrogens with zero attached hydrogens (tertiary/aromatic N) is 4. The van der Waals surface area contributed by atoms with Gasteiger partial charge < -0.3 is 9.47 Å². The summed E-state index contributed by atoms with van der Waals surface area (Å²) in [5.41, 5.74) is 0.890. The van der Waals surface area contributed by atoms with Crippen LogP contribution >= 0.6 is 23.2 Å². The first kappa shape index (κ1) is 17.7. The van der Waals surface area contributed by atoms with E-state index >= 15 is 0 Å². The third-order valence-corrected chi connectivity index (χ3v) is 5.40. The number of rotatable bonds is 5. The van der Waals surface area contributed by atoms with E-state index in [0.717, 1.165) is 50.5 Å². The molecule has 0 N–H and O–H groups in total. The molecule has 0 bridgehead atoms. The number of likely N-dealkylation sites (N-methyl/N-ethyl adjacent to an activating group) is 1. The number of aryl methyl sites for hydroxylation is 1. The van der Waals surface area contributed by atoms with Crippen LogP contribution in [0.4, 0.5) is 0 Å². The Morgan fingerprint density at radius 1 is 1.17 bits per heavy atom. The molecular weight excluding hydrogens is 343 g/mol. The van der Waals surface area contributed by atoms with Crippen molar-refractivity contribution < 1.29 is 0 Å². The van der Waals surface area contributed by atoms with Gasteiger partial charge in [-0.2, -0.15) is 0 Å². The van der Waals surface area contributed by atoms with Gasteiger partial charge in [0.05, 0.1) is 5.02 Å². The number of hydrogen-bond donors (Lipinski definition) is 0. The summed E-state index contributed by atoms with van der Waals surface area (Å²) < 4.78 is 2.17. The molecule has 0 saturated carbocycles. The van der Waals surface area contributed by atoms with Crippen molar-refractivity contribution in [3.63, 3.8) is 0 Å². The molecular formula is C18H24Cl2N4. The van der Waals surface area contributed by atoms with Gasteiger partial charge in [-0.15, -0.1) is 0 Å². The van der Waals surface area contributed by atoms with E-state index in [9.17, 15) is 0 Å². The molecule has 130 valence electrons. The van der Waals surface area contributed by atoms with Crippen molar-refractivity contribution >= 4 is 23.2 Å². The van der Waals surface area contributed by atoms with Crippen LogP contribution in [0.5, 0.6) is 0 Å². The molecule has 1 saturated heterocycles. The van der Waals surface area contributed by atoms with E-state index in [1.54, 1.807) is 6.07 Å². The molecule has 0 unspecified atom stereocenters. The molecule has 1 aromatic carbocycles. The average molecular weight is 367 g/mol. The van der Waals surface area contributed by atoms with Gasteiger partial charge >= 0.3 is 0 Å². The Balaban J connectivity index is 1.67. The molecule has 1 aliphatic heterocycles. The number of piperazine rings is 1. The van der Waals surface area contributed by atoms with Crippen molar-refractivity contribution in [2.45, 2.75) is 25.9 Å². The Labute approximate surface area is 154 Å². The zero-order valence-corrected chi connectivity index (χ0v) is 15.8. The molecule has 2 heterocycles. The van der Waals surface area contributed by atoms with Crippen molar-refractivity contribution in [1.82, 2.24) is 19.4 Å². The van der Waals surface area contributed by atoms with E-state index in [1.165, 1.54) is 0 Å². The van der Waals surface area contributed by atoms with Gasteiger partial charge in [0.1, 0.15) is 5.82 Å². The third kappa shape index (κ3) is 4.12. The van der Waals surface area contributed by atoms with Crippen LogP contribution in [0.1, 0.15) is 13.3 Å². The largest absolute Gasteiger partial charge is 0.331 e. The number of aromatic nitrogens is 2. The maximum absolute atomic E-state index is 6.33. The minimum Gasteiger partial charge on any atom is -0.331 e. The topological polar surface area (TPSA) is 24.3 Å². The lowest BCUT2D eigenvalue weighted by atomic mass is 10.1. The molecule has 0 radical (unpaired) electrons. The van der Waals surface area contributed by atoms with Crippen LogP contribution in [0.15, 0.2) is 30.6 Å². The third-order valence-electron chi connectivity index (χ3n) is 4.83. The fourth-order valence-electron chi connectivity index (χ4n) is 3.17. The molecule has 0 amide bonds. The van der Waals surface area contributed by atoms with Gasteiger partial charge in [0.25, 0.3) is 0 Å². The van der Waals surface area contributed by atoms with Crippen molar-refractivity contribution in [2.24, 2.45) is 0 Å². The van der Waals surface area contributed by atoms with Gasteiger partial charge in [0, 0.05) is 61.7 Å². The predicted molar refractivity (Wildman–Crippen MR) is 101 cm³/mol. The summed E-state index contributed by atoms with van der Waals surface area (Å²) in [6.07, 6.45) is 4.93.